The monoisotopic (exact) mass is 1230 g/mol. The SMILES string of the molecule is Cc1cccc(N(c2ccc(C(C)(C)C)cc2)c2cc3c(c4c2-c2ccccc2C4(C)C)-c2c(cc(N(c4ccc(C(C)(C)C)cc4)c4cccc(C)c4)c4c2oc2ccccc24)C3(c2ccc(Sc3ccc(C(C)(C)C)cc3)cc2)c2ccc([Si](C)(C)C)cc2)c1. The number of hydrogen-bond acceptors (Lipinski definition) is 4. The molecule has 11 aromatic carbocycles. The predicted molar refractivity (Wildman–Crippen MR) is 397 cm³/mol. The Morgan fingerprint density at radius 2 is 0.870 bits per heavy atom. The van der Waals surface area contributed by atoms with Gasteiger partial charge in [-0.3, -0.25) is 0 Å². The second-order valence-electron chi connectivity index (χ2n) is 30.8. The fraction of sp³-hybridized carbons (Fsp3) is 0.241. The van der Waals surface area contributed by atoms with Crippen LogP contribution in [0.15, 0.2) is 245 Å². The zero-order valence-corrected chi connectivity index (χ0v) is 58.5. The van der Waals surface area contributed by atoms with Gasteiger partial charge in [0, 0.05) is 54.5 Å². The summed E-state index contributed by atoms with van der Waals surface area (Å²) in [5.74, 6) is 0. The van der Waals surface area contributed by atoms with Crippen LogP contribution in [0.1, 0.15) is 137 Å². The number of fused-ring (bicyclic) bond motifs is 11. The van der Waals surface area contributed by atoms with Crippen LogP contribution >= 0.6 is 11.8 Å². The molecule has 2 aliphatic carbocycles. The average Bonchev–Trinajstić information content (AvgIpc) is 1.49. The molecule has 92 heavy (non-hydrogen) atoms. The van der Waals surface area contributed by atoms with Gasteiger partial charge in [-0.15, -0.1) is 0 Å². The van der Waals surface area contributed by atoms with Gasteiger partial charge in [0.25, 0.3) is 0 Å². The Balaban J connectivity index is 1.18. The summed E-state index contributed by atoms with van der Waals surface area (Å²) in [5, 5.41) is 3.60. The molecular weight excluding hydrogens is 1150 g/mol. The fourth-order valence-electron chi connectivity index (χ4n) is 15.0. The summed E-state index contributed by atoms with van der Waals surface area (Å²) >= 11 is 1.83. The maximum atomic E-state index is 7.78. The molecule has 3 nitrogen and oxygen atoms in total. The lowest BCUT2D eigenvalue weighted by molar-refractivity contribution is 0.589. The highest BCUT2D eigenvalue weighted by atomic mass is 32.2. The fourth-order valence-corrected chi connectivity index (χ4v) is 17.0. The maximum Gasteiger partial charge on any atom is 0.145 e. The van der Waals surface area contributed by atoms with E-state index in [1.54, 1.807) is 0 Å². The van der Waals surface area contributed by atoms with Crippen molar-refractivity contribution in [1.82, 2.24) is 0 Å². The second kappa shape index (κ2) is 22.0. The summed E-state index contributed by atoms with van der Waals surface area (Å²) < 4.78 is 7.78. The topological polar surface area (TPSA) is 19.6 Å². The Morgan fingerprint density at radius 1 is 0.413 bits per heavy atom. The third-order valence-corrected chi connectivity index (χ3v) is 23.0. The van der Waals surface area contributed by atoms with Gasteiger partial charge >= 0.3 is 0 Å². The summed E-state index contributed by atoms with van der Waals surface area (Å²) in [6.07, 6.45) is 0. The molecule has 0 amide bonds. The number of anilines is 6. The summed E-state index contributed by atoms with van der Waals surface area (Å²) in [6, 6.07) is 88.9. The molecule has 0 N–H and O–H groups in total. The zero-order valence-electron chi connectivity index (χ0n) is 56.7. The van der Waals surface area contributed by atoms with Crippen molar-refractivity contribution in [1.29, 1.82) is 0 Å². The zero-order chi connectivity index (χ0) is 64.6. The highest BCUT2D eigenvalue weighted by molar-refractivity contribution is 7.99. The lowest BCUT2D eigenvalue weighted by atomic mass is 9.67. The van der Waals surface area contributed by atoms with Crippen molar-refractivity contribution in [2.24, 2.45) is 0 Å². The molecule has 1 aromatic heterocycles. The highest BCUT2D eigenvalue weighted by Crippen LogP contribution is 2.68. The summed E-state index contributed by atoms with van der Waals surface area (Å²) in [5.41, 5.74) is 25.6. The smallest absolute Gasteiger partial charge is 0.145 e. The Kier molecular flexibility index (Phi) is 14.6. The molecule has 0 bridgehead atoms. The number of hydrogen-bond donors (Lipinski definition) is 0. The molecule has 0 aliphatic heterocycles. The second-order valence-corrected chi connectivity index (χ2v) is 37.0. The predicted octanol–water partition coefficient (Wildman–Crippen LogP) is 24.4. The number of nitrogens with zero attached hydrogens (tertiary/aromatic N) is 2. The highest BCUT2D eigenvalue weighted by Gasteiger charge is 2.54. The first-order chi connectivity index (χ1) is 43.7. The van der Waals surface area contributed by atoms with E-state index < -0.39 is 18.9 Å². The van der Waals surface area contributed by atoms with Gasteiger partial charge in [0.15, 0.2) is 0 Å². The lowest BCUT2D eigenvalue weighted by Crippen LogP contribution is -2.38. The maximum absolute atomic E-state index is 7.78. The van der Waals surface area contributed by atoms with Gasteiger partial charge in [-0.05, 0) is 193 Å². The molecule has 12 aromatic rings. The lowest BCUT2D eigenvalue weighted by Gasteiger charge is -2.37. The number of aryl methyl sites for hydroxylation is 2. The Hall–Kier alpha value is -8.61. The van der Waals surface area contributed by atoms with Gasteiger partial charge in [-0.25, -0.2) is 0 Å². The van der Waals surface area contributed by atoms with E-state index in [1.165, 1.54) is 92.9 Å². The van der Waals surface area contributed by atoms with Crippen molar-refractivity contribution in [3.63, 3.8) is 0 Å². The van der Waals surface area contributed by atoms with E-state index in [4.69, 9.17) is 4.42 Å². The number of para-hydroxylation sites is 1. The minimum Gasteiger partial charge on any atom is -0.455 e. The van der Waals surface area contributed by atoms with Crippen LogP contribution in [-0.2, 0) is 27.1 Å². The van der Waals surface area contributed by atoms with Crippen LogP contribution in [0.25, 0.3) is 44.2 Å². The van der Waals surface area contributed by atoms with Crippen molar-refractivity contribution < 1.29 is 4.42 Å². The van der Waals surface area contributed by atoms with E-state index in [0.717, 1.165) is 61.6 Å². The molecule has 0 saturated heterocycles. The first-order valence-electron chi connectivity index (χ1n) is 33.0. The van der Waals surface area contributed by atoms with Crippen LogP contribution in [0.3, 0.4) is 0 Å². The first-order valence-corrected chi connectivity index (χ1v) is 37.3. The first kappa shape index (κ1) is 60.9. The van der Waals surface area contributed by atoms with Crippen molar-refractivity contribution in [2.75, 3.05) is 9.80 Å². The van der Waals surface area contributed by atoms with Crippen LogP contribution in [0.4, 0.5) is 34.1 Å². The van der Waals surface area contributed by atoms with Crippen molar-refractivity contribution in [3.8, 4) is 22.3 Å². The van der Waals surface area contributed by atoms with Gasteiger partial charge in [0.1, 0.15) is 11.2 Å². The summed E-state index contributed by atoms with van der Waals surface area (Å²) in [7, 11) is -1.80. The number of furan rings is 1. The van der Waals surface area contributed by atoms with E-state index in [1.807, 2.05) is 11.8 Å². The van der Waals surface area contributed by atoms with Crippen molar-refractivity contribution >= 4 is 81.1 Å². The van der Waals surface area contributed by atoms with Gasteiger partial charge < -0.3 is 14.2 Å². The Bertz CT molecular complexity index is 4830. The van der Waals surface area contributed by atoms with Crippen molar-refractivity contribution in [2.45, 2.75) is 147 Å². The molecule has 2 aliphatic rings. The third-order valence-electron chi connectivity index (χ3n) is 19.9. The minimum absolute atomic E-state index is 0.0303. The third kappa shape index (κ3) is 10.2. The molecule has 0 spiro atoms. The molecular formula is C87H86N2OSSi. The minimum atomic E-state index is -1.80. The van der Waals surface area contributed by atoms with Crippen molar-refractivity contribution in [3.05, 3.63) is 292 Å². The van der Waals surface area contributed by atoms with Crippen LogP contribution in [-0.4, -0.2) is 8.07 Å². The molecule has 0 fully saturated rings. The van der Waals surface area contributed by atoms with E-state index >= 15 is 0 Å². The van der Waals surface area contributed by atoms with E-state index in [9.17, 15) is 0 Å². The molecule has 1 heterocycles. The quantitative estimate of drug-likeness (QED) is 0.120. The molecule has 1 unspecified atom stereocenters. The Labute approximate surface area is 552 Å². The van der Waals surface area contributed by atoms with E-state index in [2.05, 4.69) is 350 Å². The summed E-state index contributed by atoms with van der Waals surface area (Å²) in [4.78, 5) is 7.50. The van der Waals surface area contributed by atoms with Crippen LogP contribution in [0.5, 0.6) is 0 Å². The molecule has 1 atom stereocenters. The molecule has 0 radical (unpaired) electrons. The molecule has 0 saturated carbocycles. The van der Waals surface area contributed by atoms with Crippen LogP contribution < -0.4 is 15.0 Å². The average molecular weight is 1240 g/mol. The molecule has 5 heteroatoms. The standard InChI is InChI=1S/C87H86N2OSSi/c1-55-23-21-25-64(51-55)88(62-41-31-57(32-42-62)83(3,4)5)74-53-72-79(81-77(74)69-27-17-19-29-71(69)86(81,12)13)80-73(87(72,61-39-49-68(50-40-61)92(14,15)16)60-37-47-67(48-38-60)91-66-45-35-59(36-46-66)85(9,10)11)54-75(78-70-28-18-20-30-76(70)90-82(78)80)89(65-26-22-24-56(2)52-65)63-43-33-58(34-44-63)84(6,7)8/h17-54H,1-16H3. The van der Waals surface area contributed by atoms with E-state index in [0.29, 0.717) is 0 Å². The van der Waals surface area contributed by atoms with E-state index in [-0.39, 0.29) is 16.2 Å². The number of benzene rings is 11. The number of rotatable bonds is 11. The van der Waals surface area contributed by atoms with Gasteiger partial charge in [0.05, 0.1) is 30.2 Å². The van der Waals surface area contributed by atoms with Crippen LogP contribution in [0.2, 0.25) is 19.6 Å². The van der Waals surface area contributed by atoms with Gasteiger partial charge in [-0.2, -0.15) is 0 Å². The van der Waals surface area contributed by atoms with Gasteiger partial charge in [0.2, 0.25) is 0 Å². The Morgan fingerprint density at radius 3 is 1.39 bits per heavy atom. The largest absolute Gasteiger partial charge is 0.455 e. The van der Waals surface area contributed by atoms with Gasteiger partial charge in [-0.1, -0.05) is 252 Å². The normalized spacial score (nSPS) is 15.1. The summed E-state index contributed by atoms with van der Waals surface area (Å²) in [6.45, 7) is 37.5. The molecule has 14 rings (SSSR count). The molecule has 460 valence electrons. The van der Waals surface area contributed by atoms with Crippen LogP contribution in [0, 0.1) is 13.8 Å².